The zero-order chi connectivity index (χ0) is 33.7. The number of rotatable bonds is 3. The van der Waals surface area contributed by atoms with Gasteiger partial charge in [0.1, 0.15) is 11.6 Å². The predicted molar refractivity (Wildman–Crippen MR) is 199 cm³/mol. The van der Waals surface area contributed by atoms with Gasteiger partial charge in [-0.1, -0.05) is 94.8 Å². The number of imidazole rings is 2. The van der Waals surface area contributed by atoms with Gasteiger partial charge in [0.05, 0.1) is 33.4 Å². The first-order valence-electron chi connectivity index (χ1n) is 16.7. The van der Waals surface area contributed by atoms with Crippen molar-refractivity contribution in [2.24, 2.45) is 0 Å². The molecule has 4 heterocycles. The smallest absolute Gasteiger partial charge is 0.346 e. The topological polar surface area (TPSA) is 63.6 Å². The van der Waals surface area contributed by atoms with Crippen LogP contribution in [-0.4, -0.2) is 28.7 Å². The SMILES string of the molecule is CC(C)(C)c1nc2ccc(N(c3[c-]c4c(cc3)nc(C(C)(C)C)n3c5ccccc5nc43)c3ccccc3)[c-]c2c2nc3ccccc3n12.[Pt+2]. The summed E-state index contributed by atoms with van der Waals surface area (Å²) >= 11 is 0. The number of para-hydroxylation sites is 5. The second kappa shape index (κ2) is 11.5. The Hall–Kier alpha value is -5.13. The first-order valence-corrected chi connectivity index (χ1v) is 16.7. The van der Waals surface area contributed by atoms with Gasteiger partial charge in [0.15, 0.2) is 0 Å². The minimum Gasteiger partial charge on any atom is -0.346 e. The van der Waals surface area contributed by atoms with Crippen molar-refractivity contribution in [3.8, 4) is 0 Å². The summed E-state index contributed by atoms with van der Waals surface area (Å²) in [7, 11) is 0. The fourth-order valence-corrected chi connectivity index (χ4v) is 6.87. The van der Waals surface area contributed by atoms with E-state index in [1.54, 1.807) is 0 Å². The molecule has 7 nitrogen and oxygen atoms in total. The van der Waals surface area contributed by atoms with Crippen LogP contribution in [0.15, 0.2) is 103 Å². The van der Waals surface area contributed by atoms with Gasteiger partial charge in [-0.15, -0.1) is 36.4 Å². The van der Waals surface area contributed by atoms with Crippen LogP contribution in [-0.2, 0) is 31.9 Å². The maximum atomic E-state index is 5.21. The zero-order valence-corrected chi connectivity index (χ0v) is 31.0. The Labute approximate surface area is 304 Å². The number of benzene rings is 5. The monoisotopic (exact) mass is 832 g/mol. The zero-order valence-electron chi connectivity index (χ0n) is 28.8. The van der Waals surface area contributed by atoms with Gasteiger partial charge in [-0.2, -0.15) is 0 Å². The Balaban J connectivity index is 0.00000361. The van der Waals surface area contributed by atoms with E-state index in [0.717, 1.165) is 83.9 Å². The van der Waals surface area contributed by atoms with Gasteiger partial charge in [0.25, 0.3) is 0 Å². The van der Waals surface area contributed by atoms with E-state index in [4.69, 9.17) is 19.9 Å². The largest absolute Gasteiger partial charge is 2.00 e. The van der Waals surface area contributed by atoms with E-state index in [2.05, 4.69) is 152 Å². The second-order valence-corrected chi connectivity index (χ2v) is 14.8. The van der Waals surface area contributed by atoms with E-state index in [9.17, 15) is 0 Å². The third kappa shape index (κ3) is 4.98. The average Bonchev–Trinajstić information content (AvgIpc) is 3.67. The van der Waals surface area contributed by atoms with Crippen molar-refractivity contribution in [1.82, 2.24) is 28.7 Å². The van der Waals surface area contributed by atoms with Crippen LogP contribution in [0, 0.1) is 12.1 Å². The van der Waals surface area contributed by atoms with Crippen LogP contribution >= 0.6 is 0 Å². The fraction of sp³-hybridized carbons (Fsp3) is 0.190. The van der Waals surface area contributed by atoms with Crippen molar-refractivity contribution in [3.05, 3.63) is 127 Å². The number of nitrogens with zero attached hydrogens (tertiary/aromatic N) is 7. The summed E-state index contributed by atoms with van der Waals surface area (Å²) in [6.45, 7) is 13.2. The quantitative estimate of drug-likeness (QED) is 0.166. The molecule has 0 fully saturated rings. The molecule has 0 bridgehead atoms. The molecule has 0 radical (unpaired) electrons. The van der Waals surface area contributed by atoms with Crippen molar-refractivity contribution in [1.29, 1.82) is 0 Å². The predicted octanol–water partition coefficient (Wildman–Crippen LogP) is 10.0. The summed E-state index contributed by atoms with van der Waals surface area (Å²) in [6.07, 6.45) is 0. The molecule has 4 aromatic heterocycles. The maximum absolute atomic E-state index is 5.21. The molecule has 0 aliphatic rings. The summed E-state index contributed by atoms with van der Waals surface area (Å²) in [5.74, 6) is 1.93. The molecule has 0 saturated carbocycles. The van der Waals surface area contributed by atoms with Gasteiger partial charge in [-0.3, -0.25) is 19.9 Å². The number of aromatic nitrogens is 6. The van der Waals surface area contributed by atoms with E-state index in [1.807, 2.05) is 18.2 Å². The normalized spacial score (nSPS) is 12.4. The molecule has 0 N–H and O–H groups in total. The summed E-state index contributed by atoms with van der Waals surface area (Å²) in [5.41, 5.74) is 9.65. The van der Waals surface area contributed by atoms with E-state index in [-0.39, 0.29) is 31.9 Å². The molecule has 0 amide bonds. The molecule has 248 valence electrons. The van der Waals surface area contributed by atoms with Crippen molar-refractivity contribution < 1.29 is 21.1 Å². The Morgan fingerprint density at radius 1 is 0.480 bits per heavy atom. The van der Waals surface area contributed by atoms with Crippen LogP contribution in [0.25, 0.3) is 55.2 Å². The first kappa shape index (κ1) is 32.1. The molecule has 0 aliphatic heterocycles. The number of anilines is 3. The van der Waals surface area contributed by atoms with E-state index < -0.39 is 0 Å². The number of hydrogen-bond acceptors (Lipinski definition) is 5. The van der Waals surface area contributed by atoms with Crippen LogP contribution in [0.5, 0.6) is 0 Å². The molecule has 50 heavy (non-hydrogen) atoms. The maximum Gasteiger partial charge on any atom is 2.00 e. The van der Waals surface area contributed by atoms with Gasteiger partial charge in [-0.05, 0) is 58.8 Å². The third-order valence-corrected chi connectivity index (χ3v) is 9.10. The Morgan fingerprint density at radius 3 is 1.34 bits per heavy atom. The standard InChI is InChI=1S/C42H35N7.Pt/c1-41(2,3)39-45-31-22-20-27(24-29(31)37-43-33-16-10-12-18-35(33)48(37)39)47(26-14-8-7-9-15-26)28-21-23-32-30(25-28)38-44-34-17-11-13-19-36(34)49(38)40(46-32)42(4,5)6;/h7-23H,1-6H3;/q-2;+2. The Morgan fingerprint density at radius 2 is 0.900 bits per heavy atom. The van der Waals surface area contributed by atoms with Crippen molar-refractivity contribution in [2.75, 3.05) is 4.90 Å². The molecule has 9 rings (SSSR count). The van der Waals surface area contributed by atoms with Crippen molar-refractivity contribution >= 4 is 72.2 Å². The molecule has 0 saturated heterocycles. The fourth-order valence-electron chi connectivity index (χ4n) is 6.87. The number of fused-ring (bicyclic) bond motifs is 10. The van der Waals surface area contributed by atoms with Crippen molar-refractivity contribution in [2.45, 2.75) is 52.4 Å². The molecule has 0 spiro atoms. The van der Waals surface area contributed by atoms with E-state index >= 15 is 0 Å². The molecule has 8 heteroatoms. The van der Waals surface area contributed by atoms with Crippen LogP contribution in [0.2, 0.25) is 0 Å². The Bertz CT molecular complexity index is 2580. The molecule has 0 atom stereocenters. The number of hydrogen-bond donors (Lipinski definition) is 0. The first-order chi connectivity index (χ1) is 23.6. The van der Waals surface area contributed by atoms with Gasteiger partial charge >= 0.3 is 21.1 Å². The van der Waals surface area contributed by atoms with Crippen molar-refractivity contribution in [3.63, 3.8) is 0 Å². The van der Waals surface area contributed by atoms with Crippen LogP contribution < -0.4 is 4.90 Å². The summed E-state index contributed by atoms with van der Waals surface area (Å²) < 4.78 is 4.40. The molecular weight excluding hydrogens is 798 g/mol. The van der Waals surface area contributed by atoms with Crippen LogP contribution in [0.1, 0.15) is 53.2 Å². The molecular formula is C42H35N7Pt. The average molecular weight is 833 g/mol. The molecule has 0 unspecified atom stereocenters. The van der Waals surface area contributed by atoms with E-state index in [0.29, 0.717) is 0 Å². The van der Waals surface area contributed by atoms with Gasteiger partial charge in [-0.25, -0.2) is 0 Å². The van der Waals surface area contributed by atoms with Crippen LogP contribution in [0.4, 0.5) is 17.1 Å². The third-order valence-electron chi connectivity index (χ3n) is 9.10. The van der Waals surface area contributed by atoms with Gasteiger partial charge < -0.3 is 13.7 Å². The molecule has 0 aliphatic carbocycles. The van der Waals surface area contributed by atoms with Gasteiger partial charge in [0, 0.05) is 16.5 Å². The molecule has 9 aromatic rings. The minimum absolute atomic E-state index is 0. The summed E-state index contributed by atoms with van der Waals surface area (Å²) in [4.78, 5) is 22.9. The summed E-state index contributed by atoms with van der Waals surface area (Å²) in [6, 6.07) is 42.8. The summed E-state index contributed by atoms with van der Waals surface area (Å²) in [5, 5.41) is 1.73. The second-order valence-electron chi connectivity index (χ2n) is 14.8. The van der Waals surface area contributed by atoms with Crippen LogP contribution in [0.3, 0.4) is 0 Å². The van der Waals surface area contributed by atoms with E-state index in [1.165, 1.54) is 0 Å². The molecule has 5 aromatic carbocycles. The Kier molecular flexibility index (Phi) is 7.36. The minimum atomic E-state index is -0.200. The van der Waals surface area contributed by atoms with Gasteiger partial charge in [0.2, 0.25) is 0 Å².